The number of hydrogen-bond donors (Lipinski definition) is 1. The van der Waals surface area contributed by atoms with Gasteiger partial charge in [0.05, 0.1) is 15.4 Å². The first kappa shape index (κ1) is 16.9. The minimum atomic E-state index is -0.545. The molecule has 0 aliphatic carbocycles. The summed E-state index contributed by atoms with van der Waals surface area (Å²) in [5.41, 5.74) is 0.261. The van der Waals surface area contributed by atoms with E-state index < -0.39 is 22.6 Å². The third-order valence-corrected chi connectivity index (χ3v) is 4.52. The number of benzene rings is 1. The second-order valence-corrected chi connectivity index (χ2v) is 6.72. The molecule has 0 radical (unpaired) electrons. The predicted molar refractivity (Wildman–Crippen MR) is 85.0 cm³/mol. The standard InChI is InChI=1S/C14H15N3O5S/c1-8-13(19)16(14(20)9(2)23-8)7-12(18)15-10-3-5-11(6-4-10)17(21)22/h3-6,8-9H,7H2,1-2H3,(H,15,18)/t8-,9+. The van der Waals surface area contributed by atoms with E-state index in [9.17, 15) is 24.5 Å². The molecule has 0 bridgehead atoms. The number of nitro benzene ring substituents is 1. The van der Waals surface area contributed by atoms with Crippen LogP contribution in [0.2, 0.25) is 0 Å². The first-order valence-electron chi connectivity index (χ1n) is 6.84. The summed E-state index contributed by atoms with van der Waals surface area (Å²) < 4.78 is 0. The van der Waals surface area contributed by atoms with Gasteiger partial charge in [0.15, 0.2) is 0 Å². The Labute approximate surface area is 136 Å². The molecule has 1 heterocycles. The van der Waals surface area contributed by atoms with Gasteiger partial charge in [-0.1, -0.05) is 0 Å². The first-order valence-corrected chi connectivity index (χ1v) is 7.79. The fraction of sp³-hybridized carbons (Fsp3) is 0.357. The molecule has 1 aromatic carbocycles. The molecule has 9 heteroatoms. The summed E-state index contributed by atoms with van der Waals surface area (Å²) in [5, 5.41) is 12.3. The molecule has 3 amide bonds. The number of rotatable bonds is 4. The van der Waals surface area contributed by atoms with Crippen molar-refractivity contribution in [1.82, 2.24) is 4.90 Å². The van der Waals surface area contributed by atoms with Crippen molar-refractivity contribution >= 4 is 40.9 Å². The van der Waals surface area contributed by atoms with Crippen LogP contribution in [0.1, 0.15) is 13.8 Å². The molecule has 1 aromatic rings. The highest BCUT2D eigenvalue weighted by Crippen LogP contribution is 2.26. The Kier molecular flexibility index (Phi) is 4.99. The normalized spacial score (nSPS) is 21.2. The number of nitro groups is 1. The van der Waals surface area contributed by atoms with Crippen LogP contribution in [0.15, 0.2) is 24.3 Å². The molecule has 0 aromatic heterocycles. The number of nitrogens with one attached hydrogen (secondary N) is 1. The number of non-ortho nitro benzene ring substituents is 1. The van der Waals surface area contributed by atoms with Crippen LogP contribution in [0.4, 0.5) is 11.4 Å². The summed E-state index contributed by atoms with van der Waals surface area (Å²) in [7, 11) is 0. The molecule has 122 valence electrons. The van der Waals surface area contributed by atoms with Crippen LogP contribution in [0, 0.1) is 10.1 Å². The fourth-order valence-corrected chi connectivity index (χ4v) is 3.24. The maximum atomic E-state index is 12.0. The van der Waals surface area contributed by atoms with Crippen LogP contribution in [-0.2, 0) is 14.4 Å². The second-order valence-electron chi connectivity index (χ2n) is 5.04. The molecule has 1 fully saturated rings. The zero-order valence-corrected chi connectivity index (χ0v) is 13.3. The van der Waals surface area contributed by atoms with Gasteiger partial charge in [-0.15, -0.1) is 11.8 Å². The molecular weight excluding hydrogens is 322 g/mol. The lowest BCUT2D eigenvalue weighted by atomic mass is 10.2. The van der Waals surface area contributed by atoms with Crippen molar-refractivity contribution < 1.29 is 19.3 Å². The lowest BCUT2D eigenvalue weighted by Crippen LogP contribution is -2.52. The van der Waals surface area contributed by atoms with Gasteiger partial charge in [-0.05, 0) is 26.0 Å². The van der Waals surface area contributed by atoms with Gasteiger partial charge in [0, 0.05) is 17.8 Å². The largest absolute Gasteiger partial charge is 0.325 e. The molecule has 1 aliphatic heterocycles. The zero-order chi connectivity index (χ0) is 17.1. The van der Waals surface area contributed by atoms with Crippen molar-refractivity contribution in [1.29, 1.82) is 0 Å². The Bertz CT molecular complexity index is 641. The third-order valence-electron chi connectivity index (χ3n) is 3.30. The molecule has 0 unspecified atom stereocenters. The van der Waals surface area contributed by atoms with Crippen molar-refractivity contribution in [2.75, 3.05) is 11.9 Å². The van der Waals surface area contributed by atoms with E-state index in [0.29, 0.717) is 5.69 Å². The van der Waals surface area contributed by atoms with E-state index in [2.05, 4.69) is 5.32 Å². The van der Waals surface area contributed by atoms with Gasteiger partial charge < -0.3 is 5.32 Å². The molecule has 8 nitrogen and oxygen atoms in total. The lowest BCUT2D eigenvalue weighted by molar-refractivity contribution is -0.384. The molecule has 2 atom stereocenters. The van der Waals surface area contributed by atoms with Crippen molar-refractivity contribution in [2.24, 2.45) is 0 Å². The number of imide groups is 1. The Morgan fingerprint density at radius 3 is 2.22 bits per heavy atom. The molecule has 1 aliphatic rings. The number of carbonyl (C=O) groups is 3. The Balaban J connectivity index is 2.02. The van der Waals surface area contributed by atoms with Crippen molar-refractivity contribution in [2.45, 2.75) is 24.3 Å². The van der Waals surface area contributed by atoms with Crippen LogP contribution in [0.25, 0.3) is 0 Å². The lowest BCUT2D eigenvalue weighted by Gasteiger charge is -2.31. The molecular formula is C14H15N3O5S. The first-order chi connectivity index (χ1) is 10.8. The van der Waals surface area contributed by atoms with E-state index >= 15 is 0 Å². The molecule has 0 saturated carbocycles. The van der Waals surface area contributed by atoms with Gasteiger partial charge in [-0.3, -0.25) is 29.4 Å². The van der Waals surface area contributed by atoms with Crippen LogP contribution in [0.5, 0.6) is 0 Å². The topological polar surface area (TPSA) is 110 Å². The highest BCUT2D eigenvalue weighted by Gasteiger charge is 2.37. The number of thioether (sulfide) groups is 1. The molecule has 1 N–H and O–H groups in total. The van der Waals surface area contributed by atoms with Crippen molar-refractivity contribution in [3.8, 4) is 0 Å². The van der Waals surface area contributed by atoms with E-state index in [4.69, 9.17) is 0 Å². The van der Waals surface area contributed by atoms with Crippen LogP contribution >= 0.6 is 11.8 Å². The van der Waals surface area contributed by atoms with Crippen LogP contribution in [0.3, 0.4) is 0 Å². The summed E-state index contributed by atoms with van der Waals surface area (Å²) in [6.45, 7) is 3.01. The summed E-state index contributed by atoms with van der Waals surface area (Å²) in [5.74, 6) is -1.32. The maximum absolute atomic E-state index is 12.0. The maximum Gasteiger partial charge on any atom is 0.269 e. The smallest absolute Gasteiger partial charge is 0.269 e. The molecule has 0 spiro atoms. The fourth-order valence-electron chi connectivity index (χ4n) is 2.14. The van der Waals surface area contributed by atoms with E-state index in [1.165, 1.54) is 36.0 Å². The summed E-state index contributed by atoms with van der Waals surface area (Å²) >= 11 is 1.26. The summed E-state index contributed by atoms with van der Waals surface area (Å²) in [4.78, 5) is 47.0. The Morgan fingerprint density at radius 1 is 1.22 bits per heavy atom. The monoisotopic (exact) mass is 337 g/mol. The number of nitrogens with zero attached hydrogens (tertiary/aromatic N) is 2. The Hall–Kier alpha value is -2.42. The van der Waals surface area contributed by atoms with E-state index in [-0.39, 0.29) is 22.7 Å². The molecule has 2 rings (SSSR count). The van der Waals surface area contributed by atoms with Gasteiger partial charge >= 0.3 is 0 Å². The van der Waals surface area contributed by atoms with Gasteiger partial charge in [0.1, 0.15) is 6.54 Å². The zero-order valence-electron chi connectivity index (χ0n) is 12.5. The van der Waals surface area contributed by atoms with Gasteiger partial charge in [0.25, 0.3) is 5.69 Å². The number of carbonyl (C=O) groups excluding carboxylic acids is 3. The quantitative estimate of drug-likeness (QED) is 0.505. The van der Waals surface area contributed by atoms with Gasteiger partial charge in [-0.25, -0.2) is 0 Å². The van der Waals surface area contributed by atoms with E-state index in [1.807, 2.05) is 0 Å². The number of hydrogen-bond acceptors (Lipinski definition) is 6. The molecule has 23 heavy (non-hydrogen) atoms. The average molecular weight is 337 g/mol. The van der Waals surface area contributed by atoms with Gasteiger partial charge in [0.2, 0.25) is 17.7 Å². The van der Waals surface area contributed by atoms with Crippen LogP contribution in [-0.4, -0.2) is 44.6 Å². The van der Waals surface area contributed by atoms with E-state index in [1.54, 1.807) is 13.8 Å². The highest BCUT2D eigenvalue weighted by atomic mass is 32.2. The summed E-state index contributed by atoms with van der Waals surface area (Å²) in [6, 6.07) is 5.29. The van der Waals surface area contributed by atoms with Gasteiger partial charge in [-0.2, -0.15) is 0 Å². The second kappa shape index (κ2) is 6.78. The van der Waals surface area contributed by atoms with E-state index in [0.717, 1.165) is 4.90 Å². The van der Waals surface area contributed by atoms with Crippen molar-refractivity contribution in [3.05, 3.63) is 34.4 Å². The molecule has 1 saturated heterocycles. The third kappa shape index (κ3) is 3.86. The summed E-state index contributed by atoms with van der Waals surface area (Å²) in [6.07, 6.45) is 0. The average Bonchev–Trinajstić information content (AvgIpc) is 2.50. The minimum Gasteiger partial charge on any atom is -0.325 e. The highest BCUT2D eigenvalue weighted by molar-refractivity contribution is 8.02. The van der Waals surface area contributed by atoms with Crippen LogP contribution < -0.4 is 5.32 Å². The minimum absolute atomic E-state index is 0.0935. The number of amides is 3. The SMILES string of the molecule is C[C@@H]1S[C@H](C)C(=O)N(CC(=O)Nc2ccc([N+](=O)[O-])cc2)C1=O. The predicted octanol–water partition coefficient (Wildman–Crippen LogP) is 1.41. The number of anilines is 1. The van der Waals surface area contributed by atoms with Crippen molar-refractivity contribution in [3.63, 3.8) is 0 Å². The Morgan fingerprint density at radius 2 is 1.74 bits per heavy atom.